The molecule has 0 aromatic rings. The zero-order valence-corrected chi connectivity index (χ0v) is 6.37. The first-order valence-corrected chi connectivity index (χ1v) is 3.22. The van der Waals surface area contributed by atoms with E-state index in [1.54, 1.807) is 13.0 Å². The van der Waals surface area contributed by atoms with Gasteiger partial charge in [-0.3, -0.25) is 0 Å². The smallest absolute Gasteiger partial charge is 0.222 e. The van der Waals surface area contributed by atoms with Crippen molar-refractivity contribution in [3.8, 4) is 0 Å². The molecule has 0 amide bonds. The van der Waals surface area contributed by atoms with Crippen molar-refractivity contribution in [1.29, 1.82) is 0 Å². The minimum atomic E-state index is -0.0455. The minimum absolute atomic E-state index is 0.0455. The Bertz CT molecular complexity index is 132. The standard InChI is InChI=1S/C7H13NO2/c1-4-7(5-2)10-6(3)8-9/h4,7,9H,1,5H2,2-3H3. The van der Waals surface area contributed by atoms with E-state index in [-0.39, 0.29) is 12.0 Å². The Hall–Kier alpha value is -0.990. The highest BCUT2D eigenvalue weighted by molar-refractivity contribution is 5.72. The van der Waals surface area contributed by atoms with Gasteiger partial charge in [-0.15, -0.1) is 0 Å². The highest BCUT2D eigenvalue weighted by Crippen LogP contribution is 1.99. The van der Waals surface area contributed by atoms with E-state index in [1.807, 2.05) is 6.92 Å². The van der Waals surface area contributed by atoms with E-state index in [4.69, 9.17) is 9.94 Å². The molecule has 0 heterocycles. The molecule has 0 aliphatic heterocycles. The summed E-state index contributed by atoms with van der Waals surface area (Å²) in [6.45, 7) is 7.12. The summed E-state index contributed by atoms with van der Waals surface area (Å²) >= 11 is 0. The van der Waals surface area contributed by atoms with Crippen molar-refractivity contribution in [2.75, 3.05) is 0 Å². The van der Waals surface area contributed by atoms with Crippen LogP contribution in [0, 0.1) is 0 Å². The monoisotopic (exact) mass is 143 g/mol. The van der Waals surface area contributed by atoms with Gasteiger partial charge in [0.15, 0.2) is 0 Å². The van der Waals surface area contributed by atoms with E-state index in [1.165, 1.54) is 0 Å². The molecule has 0 rings (SSSR count). The molecule has 1 unspecified atom stereocenters. The predicted molar refractivity (Wildman–Crippen MR) is 40.3 cm³/mol. The Morgan fingerprint density at radius 3 is 2.80 bits per heavy atom. The van der Waals surface area contributed by atoms with Gasteiger partial charge in [0, 0.05) is 6.92 Å². The lowest BCUT2D eigenvalue weighted by Gasteiger charge is -2.10. The van der Waals surface area contributed by atoms with Crippen LogP contribution in [0.1, 0.15) is 20.3 Å². The van der Waals surface area contributed by atoms with Crippen LogP contribution in [-0.4, -0.2) is 17.2 Å². The molecule has 0 aromatic heterocycles. The van der Waals surface area contributed by atoms with Crippen molar-refractivity contribution in [3.05, 3.63) is 12.7 Å². The maximum atomic E-state index is 8.20. The van der Waals surface area contributed by atoms with Gasteiger partial charge in [-0.05, 0) is 6.42 Å². The lowest BCUT2D eigenvalue weighted by Crippen LogP contribution is -2.11. The zero-order valence-electron chi connectivity index (χ0n) is 6.37. The summed E-state index contributed by atoms with van der Waals surface area (Å²) in [6, 6.07) is 0. The maximum Gasteiger partial charge on any atom is 0.222 e. The topological polar surface area (TPSA) is 41.8 Å². The molecule has 0 saturated heterocycles. The number of nitrogens with zero attached hydrogens (tertiary/aromatic N) is 1. The van der Waals surface area contributed by atoms with Gasteiger partial charge in [0.25, 0.3) is 0 Å². The zero-order chi connectivity index (χ0) is 7.98. The van der Waals surface area contributed by atoms with Crippen molar-refractivity contribution in [2.45, 2.75) is 26.4 Å². The van der Waals surface area contributed by atoms with Crippen molar-refractivity contribution < 1.29 is 9.94 Å². The number of rotatable bonds is 3. The molecule has 1 atom stereocenters. The Labute approximate surface area is 61.0 Å². The van der Waals surface area contributed by atoms with E-state index >= 15 is 0 Å². The second-order valence-corrected chi connectivity index (χ2v) is 1.92. The second-order valence-electron chi connectivity index (χ2n) is 1.92. The van der Waals surface area contributed by atoms with Gasteiger partial charge >= 0.3 is 0 Å². The van der Waals surface area contributed by atoms with Crippen LogP contribution in [-0.2, 0) is 4.74 Å². The third-order valence-electron chi connectivity index (χ3n) is 1.13. The van der Waals surface area contributed by atoms with E-state index in [0.29, 0.717) is 0 Å². The van der Waals surface area contributed by atoms with Crippen molar-refractivity contribution in [2.24, 2.45) is 5.16 Å². The van der Waals surface area contributed by atoms with Crippen LogP contribution in [0.2, 0.25) is 0 Å². The van der Waals surface area contributed by atoms with E-state index in [2.05, 4.69) is 11.7 Å². The first-order chi connectivity index (χ1) is 4.74. The molecule has 1 N–H and O–H groups in total. The fourth-order valence-corrected chi connectivity index (χ4v) is 0.541. The molecular formula is C7H13NO2. The Balaban J connectivity index is 3.74. The van der Waals surface area contributed by atoms with Gasteiger partial charge in [-0.2, -0.15) is 0 Å². The maximum absolute atomic E-state index is 8.20. The van der Waals surface area contributed by atoms with Gasteiger partial charge in [0.05, 0.1) is 0 Å². The van der Waals surface area contributed by atoms with Gasteiger partial charge in [-0.1, -0.05) is 24.7 Å². The minimum Gasteiger partial charge on any atom is -0.471 e. The summed E-state index contributed by atoms with van der Waals surface area (Å²) < 4.78 is 5.08. The Kier molecular flexibility index (Phi) is 4.37. The van der Waals surface area contributed by atoms with Crippen LogP contribution in [0.5, 0.6) is 0 Å². The van der Waals surface area contributed by atoms with Gasteiger partial charge in [-0.25, -0.2) is 0 Å². The summed E-state index contributed by atoms with van der Waals surface area (Å²) in [5.74, 6) is 0.270. The average molecular weight is 143 g/mol. The van der Waals surface area contributed by atoms with Crippen LogP contribution in [0.25, 0.3) is 0 Å². The number of ether oxygens (including phenoxy) is 1. The molecule has 0 aromatic carbocycles. The summed E-state index contributed by atoms with van der Waals surface area (Å²) in [7, 11) is 0. The highest BCUT2D eigenvalue weighted by atomic mass is 16.5. The number of hydrogen-bond donors (Lipinski definition) is 1. The summed E-state index contributed by atoms with van der Waals surface area (Å²) in [5.41, 5.74) is 0. The van der Waals surface area contributed by atoms with Crippen LogP contribution >= 0.6 is 0 Å². The molecule has 0 bridgehead atoms. The largest absolute Gasteiger partial charge is 0.471 e. The van der Waals surface area contributed by atoms with E-state index < -0.39 is 0 Å². The summed E-state index contributed by atoms with van der Waals surface area (Å²) in [4.78, 5) is 0. The average Bonchev–Trinajstić information content (AvgIpc) is 1.99. The molecule has 0 saturated carbocycles. The number of hydrogen-bond acceptors (Lipinski definition) is 3. The second kappa shape index (κ2) is 4.85. The van der Waals surface area contributed by atoms with Gasteiger partial charge in [0.2, 0.25) is 5.90 Å². The fourth-order valence-electron chi connectivity index (χ4n) is 0.541. The van der Waals surface area contributed by atoms with Crippen LogP contribution < -0.4 is 0 Å². The molecule has 0 aliphatic rings. The first-order valence-electron chi connectivity index (χ1n) is 3.22. The van der Waals surface area contributed by atoms with E-state index in [9.17, 15) is 0 Å². The molecule has 3 heteroatoms. The molecule has 0 radical (unpaired) electrons. The normalized spacial score (nSPS) is 14.4. The van der Waals surface area contributed by atoms with Crippen molar-refractivity contribution in [1.82, 2.24) is 0 Å². The highest BCUT2D eigenvalue weighted by Gasteiger charge is 2.01. The quantitative estimate of drug-likeness (QED) is 0.215. The summed E-state index contributed by atoms with van der Waals surface area (Å²) in [5, 5.41) is 11.1. The molecular weight excluding hydrogens is 130 g/mol. The molecule has 3 nitrogen and oxygen atoms in total. The fraction of sp³-hybridized carbons (Fsp3) is 0.571. The van der Waals surface area contributed by atoms with Crippen LogP contribution in [0.3, 0.4) is 0 Å². The SMILES string of the molecule is C=CC(CC)OC(C)=NO. The van der Waals surface area contributed by atoms with Crippen molar-refractivity contribution >= 4 is 5.90 Å². The molecule has 0 aliphatic carbocycles. The molecule has 0 fully saturated rings. The summed E-state index contributed by atoms with van der Waals surface area (Å²) in [6.07, 6.45) is 2.46. The third-order valence-corrected chi connectivity index (χ3v) is 1.13. The van der Waals surface area contributed by atoms with Gasteiger partial charge < -0.3 is 9.94 Å². The van der Waals surface area contributed by atoms with Crippen molar-refractivity contribution in [3.63, 3.8) is 0 Å². The Morgan fingerprint density at radius 1 is 1.90 bits per heavy atom. The first kappa shape index (κ1) is 9.01. The molecule has 0 spiro atoms. The molecule has 58 valence electrons. The van der Waals surface area contributed by atoms with Crippen LogP contribution in [0.15, 0.2) is 17.8 Å². The number of oxime groups is 1. The predicted octanol–water partition coefficient (Wildman–Crippen LogP) is 1.78. The molecule has 10 heavy (non-hydrogen) atoms. The van der Waals surface area contributed by atoms with Crippen LogP contribution in [0.4, 0.5) is 0 Å². The Morgan fingerprint density at radius 2 is 2.50 bits per heavy atom. The lowest BCUT2D eigenvalue weighted by molar-refractivity contribution is 0.206. The van der Waals surface area contributed by atoms with Gasteiger partial charge in [0.1, 0.15) is 6.10 Å². The lowest BCUT2D eigenvalue weighted by atomic mass is 10.3. The third kappa shape index (κ3) is 3.12. The van der Waals surface area contributed by atoms with E-state index in [0.717, 1.165) is 6.42 Å².